The number of hydrogen-bond acceptors (Lipinski definition) is 4. The second-order valence-corrected chi connectivity index (χ2v) is 5.36. The summed E-state index contributed by atoms with van der Waals surface area (Å²) in [4.78, 5) is 11.8. The minimum atomic E-state index is -0.0897. The number of amides is 1. The van der Waals surface area contributed by atoms with Crippen LogP contribution in [0, 0.1) is 4.77 Å². The second kappa shape index (κ2) is 6.73. The van der Waals surface area contributed by atoms with E-state index in [1.54, 1.807) is 23.7 Å². The van der Waals surface area contributed by atoms with E-state index in [1.807, 2.05) is 0 Å². The zero-order valence-corrected chi connectivity index (χ0v) is 13.0. The minimum Gasteiger partial charge on any atom is -0.506 e. The third-order valence-electron chi connectivity index (χ3n) is 3.07. The molecule has 0 aliphatic heterocycles. The van der Waals surface area contributed by atoms with E-state index < -0.39 is 0 Å². The number of aromatic nitrogens is 3. The Hall–Kier alpha value is -1.86. The van der Waals surface area contributed by atoms with Crippen molar-refractivity contribution in [1.82, 2.24) is 20.1 Å². The number of phenolic OH excluding ortho intramolecular Hbond substituents is 1. The molecule has 0 saturated carbocycles. The van der Waals surface area contributed by atoms with E-state index in [2.05, 4.69) is 15.5 Å². The number of aromatic amines is 1. The zero-order valence-electron chi connectivity index (χ0n) is 11.4. The Morgan fingerprint density at radius 2 is 2.33 bits per heavy atom. The van der Waals surface area contributed by atoms with Gasteiger partial charge in [0.1, 0.15) is 5.75 Å². The molecule has 1 amide bonds. The standard InChI is InChI=1S/C13H15ClN4O2S/c1-18-11(16-17-13(18)21)7-15-12(20)5-3-8-2-4-10(19)9(14)6-8/h2,4,6,19H,3,5,7H2,1H3,(H,15,20)(H,17,21). The van der Waals surface area contributed by atoms with Crippen molar-refractivity contribution in [3.63, 3.8) is 0 Å². The Bertz CT molecular complexity index is 710. The molecule has 8 heteroatoms. The number of hydrogen-bond donors (Lipinski definition) is 3. The number of nitrogens with one attached hydrogen (secondary N) is 2. The van der Waals surface area contributed by atoms with Gasteiger partial charge in [0.25, 0.3) is 0 Å². The highest BCUT2D eigenvalue weighted by molar-refractivity contribution is 7.71. The Morgan fingerprint density at radius 3 is 2.95 bits per heavy atom. The minimum absolute atomic E-state index is 0.0376. The van der Waals surface area contributed by atoms with Crippen LogP contribution >= 0.6 is 23.8 Å². The molecule has 0 bridgehead atoms. The van der Waals surface area contributed by atoms with Gasteiger partial charge in [-0.25, -0.2) is 0 Å². The molecular formula is C13H15ClN4O2S. The van der Waals surface area contributed by atoms with Crippen LogP contribution in [0.4, 0.5) is 0 Å². The van der Waals surface area contributed by atoms with Gasteiger partial charge in [-0.05, 0) is 36.3 Å². The number of carbonyl (C=O) groups excluding carboxylic acids is 1. The van der Waals surface area contributed by atoms with Crippen LogP contribution in [0.5, 0.6) is 5.75 Å². The lowest BCUT2D eigenvalue weighted by molar-refractivity contribution is -0.121. The van der Waals surface area contributed by atoms with Crippen molar-refractivity contribution in [2.45, 2.75) is 19.4 Å². The van der Waals surface area contributed by atoms with E-state index in [0.717, 1.165) is 5.56 Å². The van der Waals surface area contributed by atoms with Crippen molar-refractivity contribution in [3.8, 4) is 5.75 Å². The monoisotopic (exact) mass is 326 g/mol. The first-order valence-corrected chi connectivity index (χ1v) is 7.10. The van der Waals surface area contributed by atoms with Crippen molar-refractivity contribution >= 4 is 29.7 Å². The summed E-state index contributed by atoms with van der Waals surface area (Å²) in [6.45, 7) is 0.318. The fourth-order valence-corrected chi connectivity index (χ4v) is 2.12. The van der Waals surface area contributed by atoms with Gasteiger partial charge < -0.3 is 15.0 Å². The Kier molecular flexibility index (Phi) is 4.98. The highest BCUT2D eigenvalue weighted by Gasteiger charge is 2.07. The Balaban J connectivity index is 1.83. The average molecular weight is 327 g/mol. The number of carbonyl (C=O) groups is 1. The van der Waals surface area contributed by atoms with Crippen molar-refractivity contribution in [2.24, 2.45) is 7.05 Å². The molecule has 0 radical (unpaired) electrons. The SMILES string of the molecule is Cn1c(CNC(=O)CCc2ccc(O)c(Cl)c2)n[nH]c1=S. The molecule has 0 atom stereocenters. The van der Waals surface area contributed by atoms with Crippen LogP contribution in [0.25, 0.3) is 0 Å². The van der Waals surface area contributed by atoms with E-state index in [4.69, 9.17) is 23.8 Å². The topological polar surface area (TPSA) is 82.9 Å². The molecule has 1 heterocycles. The largest absolute Gasteiger partial charge is 0.506 e. The summed E-state index contributed by atoms with van der Waals surface area (Å²) in [5.41, 5.74) is 0.895. The van der Waals surface area contributed by atoms with Gasteiger partial charge in [-0.1, -0.05) is 17.7 Å². The maximum absolute atomic E-state index is 11.8. The number of benzene rings is 1. The molecule has 2 rings (SSSR count). The zero-order chi connectivity index (χ0) is 15.4. The third kappa shape index (κ3) is 4.05. The summed E-state index contributed by atoms with van der Waals surface area (Å²) >= 11 is 10.8. The molecule has 0 fully saturated rings. The van der Waals surface area contributed by atoms with Crippen molar-refractivity contribution in [1.29, 1.82) is 0 Å². The van der Waals surface area contributed by atoms with Crippen LogP contribution in [-0.4, -0.2) is 25.8 Å². The maximum Gasteiger partial charge on any atom is 0.220 e. The normalized spacial score (nSPS) is 10.6. The van der Waals surface area contributed by atoms with Gasteiger partial charge in [-0.15, -0.1) is 0 Å². The maximum atomic E-state index is 11.8. The third-order valence-corrected chi connectivity index (χ3v) is 3.74. The number of halogens is 1. The van der Waals surface area contributed by atoms with Crippen molar-refractivity contribution in [3.05, 3.63) is 39.4 Å². The smallest absolute Gasteiger partial charge is 0.220 e. The molecular weight excluding hydrogens is 312 g/mol. The van der Waals surface area contributed by atoms with Crippen LogP contribution in [0.3, 0.4) is 0 Å². The summed E-state index contributed by atoms with van der Waals surface area (Å²) in [5.74, 6) is 0.616. The molecule has 0 unspecified atom stereocenters. The predicted octanol–water partition coefficient (Wildman–Crippen LogP) is 2.09. The quantitative estimate of drug-likeness (QED) is 0.735. The van der Waals surface area contributed by atoms with Gasteiger partial charge in [0.2, 0.25) is 5.91 Å². The fraction of sp³-hybridized carbons (Fsp3) is 0.308. The summed E-state index contributed by atoms with van der Waals surface area (Å²) in [5, 5.41) is 19.1. The van der Waals surface area contributed by atoms with Gasteiger partial charge in [-0.2, -0.15) is 5.10 Å². The van der Waals surface area contributed by atoms with E-state index in [-0.39, 0.29) is 16.7 Å². The van der Waals surface area contributed by atoms with E-state index in [0.29, 0.717) is 30.0 Å². The number of nitrogens with zero attached hydrogens (tertiary/aromatic N) is 2. The van der Waals surface area contributed by atoms with E-state index in [9.17, 15) is 9.90 Å². The van der Waals surface area contributed by atoms with Gasteiger partial charge in [0.05, 0.1) is 11.6 Å². The van der Waals surface area contributed by atoms with E-state index >= 15 is 0 Å². The number of rotatable bonds is 5. The van der Waals surface area contributed by atoms with Crippen LogP contribution in [0.15, 0.2) is 18.2 Å². The Morgan fingerprint density at radius 1 is 1.57 bits per heavy atom. The lowest BCUT2D eigenvalue weighted by Gasteiger charge is -2.06. The number of aryl methyl sites for hydroxylation is 1. The molecule has 0 spiro atoms. The highest BCUT2D eigenvalue weighted by Crippen LogP contribution is 2.24. The average Bonchev–Trinajstić information content (AvgIpc) is 2.78. The molecule has 2 aromatic rings. The summed E-state index contributed by atoms with van der Waals surface area (Å²) in [6, 6.07) is 4.91. The fourth-order valence-electron chi connectivity index (χ4n) is 1.77. The lowest BCUT2D eigenvalue weighted by Crippen LogP contribution is -2.24. The number of H-pyrrole nitrogens is 1. The van der Waals surface area contributed by atoms with Gasteiger partial charge in [0, 0.05) is 13.5 Å². The van der Waals surface area contributed by atoms with Gasteiger partial charge >= 0.3 is 0 Å². The van der Waals surface area contributed by atoms with Crippen molar-refractivity contribution < 1.29 is 9.90 Å². The molecule has 112 valence electrons. The summed E-state index contributed by atoms with van der Waals surface area (Å²) in [7, 11) is 1.78. The van der Waals surface area contributed by atoms with E-state index in [1.165, 1.54) is 6.07 Å². The Labute approximate surface area is 131 Å². The van der Waals surface area contributed by atoms with Crippen LogP contribution < -0.4 is 5.32 Å². The lowest BCUT2D eigenvalue weighted by atomic mass is 10.1. The van der Waals surface area contributed by atoms with Crippen molar-refractivity contribution in [2.75, 3.05) is 0 Å². The molecule has 3 N–H and O–H groups in total. The highest BCUT2D eigenvalue weighted by atomic mass is 35.5. The molecule has 21 heavy (non-hydrogen) atoms. The van der Waals surface area contributed by atoms with Crippen LogP contribution in [0.2, 0.25) is 5.02 Å². The molecule has 1 aromatic carbocycles. The van der Waals surface area contributed by atoms with Gasteiger partial charge in [0.15, 0.2) is 10.6 Å². The number of aromatic hydroxyl groups is 1. The molecule has 1 aromatic heterocycles. The second-order valence-electron chi connectivity index (χ2n) is 4.57. The van der Waals surface area contributed by atoms with Crippen LogP contribution in [0.1, 0.15) is 17.8 Å². The number of phenols is 1. The molecule has 6 nitrogen and oxygen atoms in total. The predicted molar refractivity (Wildman–Crippen MR) is 81.7 cm³/mol. The summed E-state index contributed by atoms with van der Waals surface area (Å²) < 4.78 is 2.22. The molecule has 0 aliphatic rings. The first-order valence-electron chi connectivity index (χ1n) is 6.31. The molecule has 0 saturated heterocycles. The van der Waals surface area contributed by atoms with Crippen LogP contribution in [-0.2, 0) is 24.8 Å². The summed E-state index contributed by atoms with van der Waals surface area (Å²) in [6.07, 6.45) is 0.876. The van der Waals surface area contributed by atoms with Gasteiger partial charge in [-0.3, -0.25) is 9.89 Å². The first-order chi connectivity index (χ1) is 9.97. The molecule has 0 aliphatic carbocycles. The first kappa shape index (κ1) is 15.5.